The predicted molar refractivity (Wildman–Crippen MR) is 106 cm³/mol. The first-order valence-corrected chi connectivity index (χ1v) is 10.3. The second kappa shape index (κ2) is 7.95. The van der Waals surface area contributed by atoms with E-state index in [2.05, 4.69) is 61.6 Å². The van der Waals surface area contributed by atoms with Gasteiger partial charge >= 0.3 is 0 Å². The van der Waals surface area contributed by atoms with Gasteiger partial charge in [0, 0.05) is 21.2 Å². The Morgan fingerprint density at radius 1 is 1.17 bits per heavy atom. The second-order valence-corrected chi connectivity index (χ2v) is 8.15. The van der Waals surface area contributed by atoms with Gasteiger partial charge in [-0.05, 0) is 42.2 Å². The van der Waals surface area contributed by atoms with Gasteiger partial charge in [0.15, 0.2) is 0 Å². The highest BCUT2D eigenvalue weighted by atomic mass is 35.5. The quantitative estimate of drug-likeness (QED) is 0.657. The van der Waals surface area contributed by atoms with Crippen molar-refractivity contribution in [1.29, 1.82) is 0 Å². The van der Waals surface area contributed by atoms with Crippen molar-refractivity contribution in [2.45, 2.75) is 56.0 Å². The van der Waals surface area contributed by atoms with E-state index in [0.717, 1.165) is 17.2 Å². The summed E-state index contributed by atoms with van der Waals surface area (Å²) in [6.07, 6.45) is 4.87. The number of hydrogen-bond acceptors (Lipinski definition) is 2. The molecule has 0 aliphatic carbocycles. The number of fused-ring (bicyclic) bond motifs is 1. The fourth-order valence-corrected chi connectivity index (χ4v) is 5.02. The first kappa shape index (κ1) is 17.8. The Bertz CT molecular complexity index is 673. The highest BCUT2D eigenvalue weighted by Crippen LogP contribution is 2.41. The minimum atomic E-state index is 0.173. The highest BCUT2D eigenvalue weighted by Gasteiger charge is 2.35. The van der Waals surface area contributed by atoms with Crippen LogP contribution in [0.5, 0.6) is 0 Å². The Labute approximate surface area is 155 Å². The SMILES string of the molecule is CCCC[C@@]1(CC)CSc2ccc(Cl)cc2[C@H](c2ccccc2)N1. The van der Waals surface area contributed by atoms with Crippen LogP contribution in [0.15, 0.2) is 53.4 Å². The van der Waals surface area contributed by atoms with E-state index in [0.29, 0.717) is 0 Å². The molecule has 0 spiro atoms. The zero-order chi connectivity index (χ0) is 17.0. The van der Waals surface area contributed by atoms with E-state index in [1.807, 2.05) is 17.8 Å². The van der Waals surface area contributed by atoms with Gasteiger partial charge in [0.1, 0.15) is 0 Å². The lowest BCUT2D eigenvalue weighted by atomic mass is 9.88. The first-order chi connectivity index (χ1) is 11.7. The van der Waals surface area contributed by atoms with Gasteiger partial charge in [-0.1, -0.05) is 68.6 Å². The topological polar surface area (TPSA) is 12.0 Å². The van der Waals surface area contributed by atoms with Gasteiger partial charge in [-0.3, -0.25) is 5.32 Å². The lowest BCUT2D eigenvalue weighted by Crippen LogP contribution is -2.48. The molecule has 2 aromatic rings. The molecule has 1 nitrogen and oxygen atoms in total. The second-order valence-electron chi connectivity index (χ2n) is 6.70. The molecule has 0 fully saturated rings. The maximum Gasteiger partial charge on any atom is 0.0592 e. The normalized spacial score (nSPS) is 23.5. The van der Waals surface area contributed by atoms with Crippen LogP contribution in [0, 0.1) is 0 Å². The van der Waals surface area contributed by atoms with E-state index in [1.165, 1.54) is 35.3 Å². The number of benzene rings is 2. The molecule has 0 amide bonds. The van der Waals surface area contributed by atoms with Crippen LogP contribution >= 0.6 is 23.4 Å². The Balaban J connectivity index is 2.04. The van der Waals surface area contributed by atoms with Crippen molar-refractivity contribution in [3.8, 4) is 0 Å². The average Bonchev–Trinajstić information content (AvgIpc) is 2.78. The molecule has 3 heteroatoms. The number of halogens is 1. The van der Waals surface area contributed by atoms with Gasteiger partial charge in [0.05, 0.1) is 6.04 Å². The predicted octanol–water partition coefficient (Wildman–Crippen LogP) is 6.46. The fraction of sp³-hybridized carbons (Fsp3) is 0.429. The van der Waals surface area contributed by atoms with Crippen molar-refractivity contribution >= 4 is 23.4 Å². The molecule has 24 heavy (non-hydrogen) atoms. The molecule has 0 bridgehead atoms. The standard InChI is InChI=1S/C21H26ClNS/c1-3-5-13-21(4-2)15-24-19-12-11-17(22)14-18(19)20(23-21)16-9-7-6-8-10-16/h6-12,14,20,23H,3-5,13,15H2,1-2H3/t20-,21-/m0/s1. The molecule has 1 N–H and O–H groups in total. The molecule has 0 aromatic heterocycles. The Morgan fingerprint density at radius 3 is 2.67 bits per heavy atom. The third-order valence-electron chi connectivity index (χ3n) is 5.06. The van der Waals surface area contributed by atoms with E-state index in [9.17, 15) is 0 Å². The number of rotatable bonds is 5. The molecule has 2 atom stereocenters. The Morgan fingerprint density at radius 2 is 1.96 bits per heavy atom. The van der Waals surface area contributed by atoms with E-state index in [1.54, 1.807) is 0 Å². The van der Waals surface area contributed by atoms with Crippen LogP contribution in [-0.2, 0) is 0 Å². The molecule has 1 heterocycles. The third kappa shape index (κ3) is 3.82. The van der Waals surface area contributed by atoms with Gasteiger partial charge in [-0.2, -0.15) is 0 Å². The summed E-state index contributed by atoms with van der Waals surface area (Å²) in [5.74, 6) is 1.11. The molecule has 1 aliphatic heterocycles. The van der Waals surface area contributed by atoms with Crippen molar-refractivity contribution < 1.29 is 0 Å². The van der Waals surface area contributed by atoms with Gasteiger partial charge < -0.3 is 0 Å². The number of unbranched alkanes of at least 4 members (excludes halogenated alkanes) is 1. The summed E-state index contributed by atoms with van der Waals surface area (Å²) in [4.78, 5) is 1.35. The summed E-state index contributed by atoms with van der Waals surface area (Å²) in [6.45, 7) is 4.59. The van der Waals surface area contributed by atoms with Crippen LogP contribution in [0.3, 0.4) is 0 Å². The lowest BCUT2D eigenvalue weighted by molar-refractivity contribution is 0.298. The van der Waals surface area contributed by atoms with Gasteiger partial charge in [0.2, 0.25) is 0 Å². The summed E-state index contributed by atoms with van der Waals surface area (Å²) < 4.78 is 0. The molecule has 3 rings (SSSR count). The summed E-state index contributed by atoms with van der Waals surface area (Å²) >= 11 is 8.31. The van der Waals surface area contributed by atoms with E-state index >= 15 is 0 Å². The molecule has 0 saturated heterocycles. The third-order valence-corrected chi connectivity index (χ3v) is 6.67. The average molecular weight is 360 g/mol. The Kier molecular flexibility index (Phi) is 5.91. The molecule has 0 unspecified atom stereocenters. The number of hydrogen-bond donors (Lipinski definition) is 1. The smallest absolute Gasteiger partial charge is 0.0592 e. The largest absolute Gasteiger partial charge is 0.300 e. The van der Waals surface area contributed by atoms with Crippen LogP contribution in [0.25, 0.3) is 0 Å². The van der Waals surface area contributed by atoms with Gasteiger partial charge in [-0.15, -0.1) is 11.8 Å². The maximum atomic E-state index is 6.33. The zero-order valence-corrected chi connectivity index (χ0v) is 16.1. The minimum Gasteiger partial charge on any atom is -0.300 e. The van der Waals surface area contributed by atoms with Crippen LogP contribution in [0.1, 0.15) is 56.7 Å². The number of nitrogens with one attached hydrogen (secondary N) is 1. The van der Waals surface area contributed by atoms with Gasteiger partial charge in [-0.25, -0.2) is 0 Å². The summed E-state index contributed by atoms with van der Waals surface area (Å²) in [7, 11) is 0. The molecular weight excluding hydrogens is 334 g/mol. The molecule has 0 radical (unpaired) electrons. The maximum absolute atomic E-state index is 6.33. The highest BCUT2D eigenvalue weighted by molar-refractivity contribution is 7.99. The first-order valence-electron chi connectivity index (χ1n) is 8.92. The molecule has 1 aliphatic rings. The molecule has 128 valence electrons. The van der Waals surface area contributed by atoms with Crippen molar-refractivity contribution in [2.24, 2.45) is 0 Å². The Hall–Kier alpha value is -0.960. The van der Waals surface area contributed by atoms with Crippen molar-refractivity contribution in [2.75, 3.05) is 5.75 Å². The summed E-state index contributed by atoms with van der Waals surface area (Å²) in [6, 6.07) is 17.3. The molecule has 2 aromatic carbocycles. The fourth-order valence-electron chi connectivity index (χ4n) is 3.47. The monoisotopic (exact) mass is 359 g/mol. The van der Waals surface area contributed by atoms with Gasteiger partial charge in [0.25, 0.3) is 0 Å². The van der Waals surface area contributed by atoms with Crippen molar-refractivity contribution in [1.82, 2.24) is 5.32 Å². The van der Waals surface area contributed by atoms with Crippen LogP contribution in [0.4, 0.5) is 0 Å². The van der Waals surface area contributed by atoms with Crippen molar-refractivity contribution in [3.63, 3.8) is 0 Å². The van der Waals surface area contributed by atoms with Crippen LogP contribution in [-0.4, -0.2) is 11.3 Å². The lowest BCUT2D eigenvalue weighted by Gasteiger charge is -2.36. The van der Waals surface area contributed by atoms with E-state index in [-0.39, 0.29) is 11.6 Å². The van der Waals surface area contributed by atoms with Crippen LogP contribution < -0.4 is 5.32 Å². The number of thioether (sulfide) groups is 1. The van der Waals surface area contributed by atoms with E-state index in [4.69, 9.17) is 11.6 Å². The summed E-state index contributed by atoms with van der Waals surface area (Å²) in [5, 5.41) is 4.85. The molecule has 0 saturated carbocycles. The zero-order valence-electron chi connectivity index (χ0n) is 14.5. The van der Waals surface area contributed by atoms with Crippen LogP contribution in [0.2, 0.25) is 5.02 Å². The summed E-state index contributed by atoms with van der Waals surface area (Å²) in [5.41, 5.74) is 2.80. The molecular formula is C21H26ClNS. The van der Waals surface area contributed by atoms with E-state index < -0.39 is 0 Å². The van der Waals surface area contributed by atoms with Crippen molar-refractivity contribution in [3.05, 3.63) is 64.7 Å². The minimum absolute atomic E-state index is 0.173.